The largest absolute Gasteiger partial charge is 0.269 e. The van der Waals surface area contributed by atoms with Crippen LogP contribution in [0.15, 0.2) is 79.0 Å². The summed E-state index contributed by atoms with van der Waals surface area (Å²) in [5.41, 5.74) is 3.33. The van der Waals surface area contributed by atoms with Gasteiger partial charge in [-0.2, -0.15) is 4.57 Å². The van der Waals surface area contributed by atoms with Crippen molar-refractivity contribution < 1.29 is 9.49 Å². The van der Waals surface area contributed by atoms with Gasteiger partial charge in [-0.25, -0.2) is 0 Å². The molecule has 0 aliphatic heterocycles. The van der Waals surface area contributed by atoms with Gasteiger partial charge in [-0.05, 0) is 29.8 Å². The minimum Gasteiger partial charge on any atom is -0.258 e. The third kappa shape index (κ3) is 3.93. The van der Waals surface area contributed by atoms with Gasteiger partial charge >= 0.3 is 0 Å². The normalized spacial score (nSPS) is 10.8. The lowest BCUT2D eigenvalue weighted by Gasteiger charge is -2.01. The SMILES string of the molecule is O=[N+]([O-])c1ccc(/C=C/c2cccc[n+]2Cc2ccccc2)cc1. The second kappa shape index (κ2) is 7.33. The number of hydrogen-bond acceptors (Lipinski definition) is 2. The van der Waals surface area contributed by atoms with E-state index in [1.54, 1.807) is 12.1 Å². The van der Waals surface area contributed by atoms with E-state index in [9.17, 15) is 10.1 Å². The van der Waals surface area contributed by atoms with Crippen molar-refractivity contribution in [2.24, 2.45) is 0 Å². The van der Waals surface area contributed by atoms with Gasteiger partial charge in [0.05, 0.1) is 4.92 Å². The quantitative estimate of drug-likeness (QED) is 0.404. The molecule has 1 heterocycles. The molecule has 0 amide bonds. The van der Waals surface area contributed by atoms with Gasteiger partial charge in [0, 0.05) is 35.9 Å². The molecule has 0 saturated carbocycles. The Morgan fingerprint density at radius 2 is 1.58 bits per heavy atom. The Bertz CT molecular complexity index is 856. The van der Waals surface area contributed by atoms with Crippen LogP contribution < -0.4 is 4.57 Å². The first kappa shape index (κ1) is 15.6. The lowest BCUT2D eigenvalue weighted by molar-refractivity contribution is -0.690. The number of nitrogens with zero attached hydrogens (tertiary/aromatic N) is 2. The lowest BCUT2D eigenvalue weighted by atomic mass is 10.1. The fourth-order valence-corrected chi connectivity index (χ4v) is 2.45. The third-order valence-corrected chi connectivity index (χ3v) is 3.72. The van der Waals surface area contributed by atoms with Gasteiger partial charge in [0.1, 0.15) is 0 Å². The van der Waals surface area contributed by atoms with E-state index in [0.717, 1.165) is 17.8 Å². The molecule has 2 aromatic carbocycles. The van der Waals surface area contributed by atoms with E-state index in [2.05, 4.69) is 16.7 Å². The zero-order valence-corrected chi connectivity index (χ0v) is 13.1. The van der Waals surface area contributed by atoms with Crippen LogP contribution >= 0.6 is 0 Å². The van der Waals surface area contributed by atoms with Gasteiger partial charge in [-0.15, -0.1) is 0 Å². The van der Waals surface area contributed by atoms with E-state index in [4.69, 9.17) is 0 Å². The van der Waals surface area contributed by atoms with Crippen LogP contribution in [0, 0.1) is 10.1 Å². The average Bonchev–Trinajstić information content (AvgIpc) is 2.62. The maximum atomic E-state index is 10.7. The molecule has 0 fully saturated rings. The van der Waals surface area contributed by atoms with Crippen LogP contribution in [-0.2, 0) is 6.54 Å². The number of aromatic nitrogens is 1. The molecular formula is C20H17N2O2+. The van der Waals surface area contributed by atoms with Gasteiger partial charge in [0.25, 0.3) is 5.69 Å². The van der Waals surface area contributed by atoms with Crippen molar-refractivity contribution >= 4 is 17.8 Å². The summed E-state index contributed by atoms with van der Waals surface area (Å²) >= 11 is 0. The molecule has 0 aliphatic rings. The summed E-state index contributed by atoms with van der Waals surface area (Å²) in [6.07, 6.45) is 6.02. The van der Waals surface area contributed by atoms with E-state index in [0.29, 0.717) is 0 Å². The molecule has 0 radical (unpaired) electrons. The van der Waals surface area contributed by atoms with Crippen LogP contribution in [0.1, 0.15) is 16.8 Å². The second-order valence-electron chi connectivity index (χ2n) is 5.42. The first-order valence-electron chi connectivity index (χ1n) is 7.67. The predicted molar refractivity (Wildman–Crippen MR) is 94.2 cm³/mol. The van der Waals surface area contributed by atoms with Crippen molar-refractivity contribution in [3.05, 3.63) is 106 Å². The fraction of sp³-hybridized carbons (Fsp3) is 0.0500. The molecule has 0 spiro atoms. The highest BCUT2D eigenvalue weighted by Gasteiger charge is 2.07. The molecule has 0 bridgehead atoms. The van der Waals surface area contributed by atoms with Gasteiger partial charge in [0.15, 0.2) is 12.7 Å². The van der Waals surface area contributed by atoms with Crippen LogP contribution in [0.4, 0.5) is 5.69 Å². The Morgan fingerprint density at radius 3 is 2.29 bits per heavy atom. The molecule has 0 aliphatic carbocycles. The van der Waals surface area contributed by atoms with Gasteiger partial charge in [-0.1, -0.05) is 30.3 Å². The summed E-state index contributed by atoms with van der Waals surface area (Å²) in [7, 11) is 0. The maximum absolute atomic E-state index is 10.7. The summed E-state index contributed by atoms with van der Waals surface area (Å²) in [5.74, 6) is 0. The van der Waals surface area contributed by atoms with E-state index in [-0.39, 0.29) is 5.69 Å². The molecule has 3 aromatic rings. The second-order valence-corrected chi connectivity index (χ2v) is 5.42. The number of pyridine rings is 1. The van der Waals surface area contributed by atoms with Crippen LogP contribution in [0.3, 0.4) is 0 Å². The summed E-state index contributed by atoms with van der Waals surface area (Å²) in [6, 6.07) is 22.9. The summed E-state index contributed by atoms with van der Waals surface area (Å²) in [5, 5.41) is 10.7. The van der Waals surface area contributed by atoms with Crippen LogP contribution in [0.25, 0.3) is 12.2 Å². The molecule has 24 heavy (non-hydrogen) atoms. The van der Waals surface area contributed by atoms with Crippen molar-refractivity contribution in [2.75, 3.05) is 0 Å². The zero-order chi connectivity index (χ0) is 16.8. The lowest BCUT2D eigenvalue weighted by Crippen LogP contribution is -2.36. The number of nitro benzene ring substituents is 1. The molecule has 0 saturated heterocycles. The van der Waals surface area contributed by atoms with Crippen molar-refractivity contribution in [1.82, 2.24) is 0 Å². The van der Waals surface area contributed by atoms with Crippen molar-refractivity contribution in [3.63, 3.8) is 0 Å². The summed E-state index contributed by atoms with van der Waals surface area (Å²) < 4.78 is 2.16. The molecule has 118 valence electrons. The monoisotopic (exact) mass is 317 g/mol. The molecule has 3 rings (SSSR count). The molecule has 0 N–H and O–H groups in total. The Morgan fingerprint density at radius 1 is 0.875 bits per heavy atom. The van der Waals surface area contributed by atoms with Crippen LogP contribution in [-0.4, -0.2) is 4.92 Å². The zero-order valence-electron chi connectivity index (χ0n) is 13.1. The first-order valence-corrected chi connectivity index (χ1v) is 7.67. The fourth-order valence-electron chi connectivity index (χ4n) is 2.45. The number of hydrogen-bond donors (Lipinski definition) is 0. The molecule has 0 unspecified atom stereocenters. The van der Waals surface area contributed by atoms with Crippen LogP contribution in [0.5, 0.6) is 0 Å². The Hall–Kier alpha value is -3.27. The highest BCUT2D eigenvalue weighted by Crippen LogP contribution is 2.13. The van der Waals surface area contributed by atoms with Gasteiger partial charge in [-0.3, -0.25) is 10.1 Å². The smallest absolute Gasteiger partial charge is 0.258 e. The summed E-state index contributed by atoms with van der Waals surface area (Å²) in [6.45, 7) is 0.793. The van der Waals surface area contributed by atoms with Gasteiger partial charge < -0.3 is 0 Å². The van der Waals surface area contributed by atoms with E-state index >= 15 is 0 Å². The Labute approximate surface area is 140 Å². The minimum atomic E-state index is -0.390. The molecule has 4 heteroatoms. The Kier molecular flexibility index (Phi) is 4.77. The van der Waals surface area contributed by atoms with Crippen molar-refractivity contribution in [2.45, 2.75) is 6.54 Å². The maximum Gasteiger partial charge on any atom is 0.269 e. The van der Waals surface area contributed by atoms with Crippen molar-refractivity contribution in [1.29, 1.82) is 0 Å². The standard InChI is InChI=1S/C20H17N2O2/c23-22(24)20-13-10-17(11-14-20)9-12-19-8-4-5-15-21(19)16-18-6-2-1-3-7-18/h1-15H,16H2/q+1/b12-9+. The average molecular weight is 317 g/mol. The number of rotatable bonds is 5. The molecule has 4 nitrogen and oxygen atoms in total. The first-order chi connectivity index (χ1) is 11.7. The van der Waals surface area contributed by atoms with E-state index in [1.165, 1.54) is 17.7 Å². The number of non-ortho nitro benzene ring substituents is 1. The third-order valence-electron chi connectivity index (χ3n) is 3.72. The predicted octanol–water partition coefficient (Wildman–Crippen LogP) is 4.10. The van der Waals surface area contributed by atoms with E-state index in [1.807, 2.05) is 54.7 Å². The van der Waals surface area contributed by atoms with Crippen LogP contribution in [0.2, 0.25) is 0 Å². The molecular weight excluding hydrogens is 300 g/mol. The molecule has 1 aromatic heterocycles. The van der Waals surface area contributed by atoms with Gasteiger partial charge in [0.2, 0.25) is 5.69 Å². The highest BCUT2D eigenvalue weighted by molar-refractivity contribution is 5.67. The number of nitro groups is 1. The highest BCUT2D eigenvalue weighted by atomic mass is 16.6. The topological polar surface area (TPSA) is 47.0 Å². The molecule has 0 atom stereocenters. The van der Waals surface area contributed by atoms with E-state index < -0.39 is 4.92 Å². The van der Waals surface area contributed by atoms with Crippen molar-refractivity contribution in [3.8, 4) is 0 Å². The number of benzene rings is 2. The summed E-state index contributed by atoms with van der Waals surface area (Å²) in [4.78, 5) is 10.3. The Balaban J connectivity index is 1.81. The minimum absolute atomic E-state index is 0.103.